The molecule has 1 aliphatic rings. The van der Waals surface area contributed by atoms with E-state index < -0.39 is 0 Å². The van der Waals surface area contributed by atoms with Crippen LogP contribution in [0.2, 0.25) is 0 Å². The Kier molecular flexibility index (Phi) is 4.53. The van der Waals surface area contributed by atoms with Crippen LogP contribution in [0.3, 0.4) is 0 Å². The van der Waals surface area contributed by atoms with Crippen LogP contribution in [0.25, 0.3) is 0 Å². The predicted octanol–water partition coefficient (Wildman–Crippen LogP) is 2.26. The number of nitrogen functional groups attached to an aromatic ring is 1. The van der Waals surface area contributed by atoms with Crippen molar-refractivity contribution in [3.63, 3.8) is 0 Å². The largest absolute Gasteiger partial charge is 0.491 e. The third-order valence-electron chi connectivity index (χ3n) is 3.43. The average Bonchev–Trinajstić information content (AvgIpc) is 2.37. The van der Waals surface area contributed by atoms with E-state index >= 15 is 0 Å². The molecule has 0 aromatic heterocycles. The number of aliphatic hydroxyl groups is 1. The number of anilines is 2. The minimum absolute atomic E-state index is 0.140. The predicted molar refractivity (Wildman–Crippen MR) is 78.6 cm³/mol. The van der Waals surface area contributed by atoms with Gasteiger partial charge in [-0.05, 0) is 38.7 Å². The van der Waals surface area contributed by atoms with Gasteiger partial charge in [-0.2, -0.15) is 0 Å². The molecule has 1 unspecified atom stereocenters. The van der Waals surface area contributed by atoms with E-state index in [0.717, 1.165) is 43.1 Å². The first-order chi connectivity index (χ1) is 9.08. The second-order valence-electron chi connectivity index (χ2n) is 5.56. The van der Waals surface area contributed by atoms with Gasteiger partial charge in [0.15, 0.2) is 0 Å². The number of benzene rings is 1. The highest BCUT2D eigenvalue weighted by atomic mass is 16.5. The van der Waals surface area contributed by atoms with Gasteiger partial charge in [-0.15, -0.1) is 0 Å². The van der Waals surface area contributed by atoms with Gasteiger partial charge in [-0.3, -0.25) is 0 Å². The summed E-state index contributed by atoms with van der Waals surface area (Å²) in [6.07, 6.45) is 2.35. The van der Waals surface area contributed by atoms with Gasteiger partial charge in [0.25, 0.3) is 0 Å². The van der Waals surface area contributed by atoms with Gasteiger partial charge in [0.2, 0.25) is 0 Å². The smallest absolute Gasteiger partial charge is 0.123 e. The highest BCUT2D eigenvalue weighted by Crippen LogP contribution is 2.29. The maximum atomic E-state index is 9.31. The number of piperidine rings is 1. The summed E-state index contributed by atoms with van der Waals surface area (Å²) in [5.74, 6) is 1.18. The number of hydrogen-bond acceptors (Lipinski definition) is 4. The maximum Gasteiger partial charge on any atom is 0.123 e. The minimum Gasteiger partial charge on any atom is -0.491 e. The standard InChI is InChI=1S/C15H24N2O2/c1-11(2)19-15-7-13(16)6-14(8-15)17-5-3-4-12(9-17)10-18/h6-8,11-12,18H,3-5,9-10,16H2,1-2H3. The van der Waals surface area contributed by atoms with Crippen LogP contribution < -0.4 is 15.4 Å². The van der Waals surface area contributed by atoms with E-state index in [1.54, 1.807) is 0 Å². The zero-order valence-electron chi connectivity index (χ0n) is 11.8. The molecule has 2 rings (SSSR count). The quantitative estimate of drug-likeness (QED) is 0.819. The summed E-state index contributed by atoms with van der Waals surface area (Å²) in [6.45, 7) is 6.17. The molecule has 0 radical (unpaired) electrons. The summed E-state index contributed by atoms with van der Waals surface area (Å²) < 4.78 is 5.72. The van der Waals surface area contributed by atoms with Crippen LogP contribution in [-0.4, -0.2) is 30.9 Å². The molecule has 0 amide bonds. The fourth-order valence-corrected chi connectivity index (χ4v) is 2.58. The Morgan fingerprint density at radius 1 is 1.42 bits per heavy atom. The van der Waals surface area contributed by atoms with Crippen molar-refractivity contribution in [2.45, 2.75) is 32.8 Å². The second kappa shape index (κ2) is 6.15. The van der Waals surface area contributed by atoms with E-state index in [-0.39, 0.29) is 12.7 Å². The van der Waals surface area contributed by atoms with Crippen molar-refractivity contribution < 1.29 is 9.84 Å². The fraction of sp³-hybridized carbons (Fsp3) is 0.600. The maximum absolute atomic E-state index is 9.31. The van der Waals surface area contributed by atoms with E-state index in [2.05, 4.69) is 4.90 Å². The Labute approximate surface area is 115 Å². The Bertz CT molecular complexity index is 421. The van der Waals surface area contributed by atoms with Crippen molar-refractivity contribution in [2.24, 2.45) is 5.92 Å². The third kappa shape index (κ3) is 3.77. The van der Waals surface area contributed by atoms with Crippen molar-refractivity contribution in [1.29, 1.82) is 0 Å². The van der Waals surface area contributed by atoms with Crippen molar-refractivity contribution in [3.05, 3.63) is 18.2 Å². The average molecular weight is 264 g/mol. The van der Waals surface area contributed by atoms with Gasteiger partial charge >= 0.3 is 0 Å². The monoisotopic (exact) mass is 264 g/mol. The zero-order valence-corrected chi connectivity index (χ0v) is 11.8. The molecule has 1 heterocycles. The van der Waals surface area contributed by atoms with E-state index in [1.807, 2.05) is 32.0 Å². The summed E-state index contributed by atoms with van der Waals surface area (Å²) in [6, 6.07) is 5.88. The summed E-state index contributed by atoms with van der Waals surface area (Å²) in [4.78, 5) is 2.29. The molecule has 1 fully saturated rings. The highest BCUT2D eigenvalue weighted by molar-refractivity contribution is 5.60. The van der Waals surface area contributed by atoms with Gasteiger partial charge in [0.1, 0.15) is 5.75 Å². The molecule has 3 N–H and O–H groups in total. The van der Waals surface area contributed by atoms with Gasteiger partial charge in [0.05, 0.1) is 6.10 Å². The van der Waals surface area contributed by atoms with E-state index in [4.69, 9.17) is 10.5 Å². The first kappa shape index (κ1) is 14.0. The lowest BCUT2D eigenvalue weighted by atomic mass is 9.98. The highest BCUT2D eigenvalue weighted by Gasteiger charge is 2.20. The lowest BCUT2D eigenvalue weighted by Gasteiger charge is -2.34. The molecule has 1 aliphatic heterocycles. The van der Waals surface area contributed by atoms with Crippen LogP contribution in [0.4, 0.5) is 11.4 Å². The molecule has 1 aromatic rings. The fourth-order valence-electron chi connectivity index (χ4n) is 2.58. The van der Waals surface area contributed by atoms with Crippen LogP contribution in [-0.2, 0) is 0 Å². The van der Waals surface area contributed by atoms with Crippen LogP contribution in [0.1, 0.15) is 26.7 Å². The Morgan fingerprint density at radius 2 is 2.21 bits per heavy atom. The molecule has 0 spiro atoms. The van der Waals surface area contributed by atoms with E-state index in [1.165, 1.54) is 0 Å². The molecule has 0 bridgehead atoms. The first-order valence-electron chi connectivity index (χ1n) is 7.01. The molecule has 1 aromatic carbocycles. The topological polar surface area (TPSA) is 58.7 Å². The summed E-state index contributed by atoms with van der Waals surface area (Å²) in [5, 5.41) is 9.31. The molecule has 106 valence electrons. The van der Waals surface area contributed by atoms with E-state index in [0.29, 0.717) is 5.92 Å². The lowest BCUT2D eigenvalue weighted by molar-refractivity contribution is 0.208. The molecule has 0 aliphatic carbocycles. The van der Waals surface area contributed by atoms with Crippen molar-refractivity contribution in [1.82, 2.24) is 0 Å². The zero-order chi connectivity index (χ0) is 13.8. The summed E-state index contributed by atoms with van der Waals surface area (Å²) in [5.41, 5.74) is 7.77. The third-order valence-corrected chi connectivity index (χ3v) is 3.43. The van der Waals surface area contributed by atoms with Gasteiger partial charge in [-0.25, -0.2) is 0 Å². The first-order valence-corrected chi connectivity index (χ1v) is 7.01. The molecule has 4 nitrogen and oxygen atoms in total. The minimum atomic E-state index is 0.140. The molecular formula is C15H24N2O2. The number of nitrogens with two attached hydrogens (primary N) is 1. The Balaban J connectivity index is 2.16. The summed E-state index contributed by atoms with van der Waals surface area (Å²) >= 11 is 0. The normalized spacial score (nSPS) is 19.8. The SMILES string of the molecule is CC(C)Oc1cc(N)cc(N2CCCC(CO)C2)c1. The molecule has 19 heavy (non-hydrogen) atoms. The molecule has 4 heteroatoms. The Morgan fingerprint density at radius 3 is 2.89 bits per heavy atom. The number of aliphatic hydroxyl groups excluding tert-OH is 1. The number of hydrogen-bond donors (Lipinski definition) is 2. The molecule has 1 saturated heterocycles. The number of ether oxygens (including phenoxy) is 1. The van der Waals surface area contributed by atoms with Crippen LogP contribution in [0, 0.1) is 5.92 Å². The molecule has 0 saturated carbocycles. The van der Waals surface area contributed by atoms with Gasteiger partial charge < -0.3 is 20.5 Å². The molecular weight excluding hydrogens is 240 g/mol. The van der Waals surface area contributed by atoms with Crippen molar-refractivity contribution in [3.8, 4) is 5.75 Å². The lowest BCUT2D eigenvalue weighted by Crippen LogP contribution is -2.36. The molecule has 1 atom stereocenters. The van der Waals surface area contributed by atoms with Crippen LogP contribution >= 0.6 is 0 Å². The van der Waals surface area contributed by atoms with Crippen LogP contribution in [0.5, 0.6) is 5.75 Å². The number of nitrogens with zero attached hydrogens (tertiary/aromatic N) is 1. The van der Waals surface area contributed by atoms with Gasteiger partial charge in [0, 0.05) is 43.2 Å². The van der Waals surface area contributed by atoms with Crippen molar-refractivity contribution >= 4 is 11.4 Å². The Hall–Kier alpha value is -1.42. The van der Waals surface area contributed by atoms with Crippen LogP contribution in [0.15, 0.2) is 18.2 Å². The van der Waals surface area contributed by atoms with Gasteiger partial charge in [-0.1, -0.05) is 0 Å². The van der Waals surface area contributed by atoms with Crippen molar-refractivity contribution in [2.75, 3.05) is 30.3 Å². The summed E-state index contributed by atoms with van der Waals surface area (Å²) in [7, 11) is 0. The van der Waals surface area contributed by atoms with E-state index in [9.17, 15) is 5.11 Å². The number of rotatable bonds is 4. The second-order valence-corrected chi connectivity index (χ2v) is 5.56.